The molecule has 0 aliphatic heterocycles. The number of rotatable bonds is 4. The SMILES string of the molecule is CC(NC(=O)NC1CCCC(C(=O)O)C1)c1ccccn1. The summed E-state index contributed by atoms with van der Waals surface area (Å²) in [6, 6.07) is 5.01. The number of carboxylic acids is 1. The number of nitrogens with zero attached hydrogens (tertiary/aromatic N) is 1. The van der Waals surface area contributed by atoms with E-state index in [-0.39, 0.29) is 24.0 Å². The number of nitrogens with one attached hydrogen (secondary N) is 2. The van der Waals surface area contributed by atoms with Gasteiger partial charge in [-0.05, 0) is 38.3 Å². The second kappa shape index (κ2) is 7.06. The van der Waals surface area contributed by atoms with Crippen LogP contribution in [0.2, 0.25) is 0 Å². The molecule has 1 saturated carbocycles. The Hall–Kier alpha value is -2.11. The van der Waals surface area contributed by atoms with Gasteiger partial charge in [0.2, 0.25) is 0 Å². The number of hydrogen-bond donors (Lipinski definition) is 3. The van der Waals surface area contributed by atoms with Gasteiger partial charge in [0.1, 0.15) is 0 Å². The minimum absolute atomic E-state index is 0.0733. The Kier molecular flexibility index (Phi) is 5.14. The molecule has 0 spiro atoms. The van der Waals surface area contributed by atoms with Crippen molar-refractivity contribution in [3.8, 4) is 0 Å². The first-order valence-corrected chi connectivity index (χ1v) is 7.27. The number of amides is 2. The van der Waals surface area contributed by atoms with Crippen LogP contribution in [-0.2, 0) is 4.79 Å². The Morgan fingerprint density at radius 3 is 2.86 bits per heavy atom. The Balaban J connectivity index is 1.83. The van der Waals surface area contributed by atoms with Crippen molar-refractivity contribution in [1.82, 2.24) is 15.6 Å². The molecule has 3 unspecified atom stereocenters. The molecule has 1 heterocycles. The van der Waals surface area contributed by atoms with E-state index in [2.05, 4.69) is 15.6 Å². The first-order chi connectivity index (χ1) is 10.1. The van der Waals surface area contributed by atoms with Gasteiger partial charge in [0.25, 0.3) is 0 Å². The monoisotopic (exact) mass is 291 g/mol. The molecule has 1 aliphatic rings. The largest absolute Gasteiger partial charge is 0.481 e. The number of carbonyl (C=O) groups excluding carboxylic acids is 1. The minimum atomic E-state index is -0.774. The molecule has 2 rings (SSSR count). The molecular formula is C15H21N3O3. The van der Waals surface area contributed by atoms with Gasteiger partial charge in [-0.1, -0.05) is 12.5 Å². The van der Waals surface area contributed by atoms with Crippen LogP contribution in [0.1, 0.15) is 44.3 Å². The maximum Gasteiger partial charge on any atom is 0.315 e. The number of hydrogen-bond acceptors (Lipinski definition) is 3. The van der Waals surface area contributed by atoms with E-state index >= 15 is 0 Å². The molecular weight excluding hydrogens is 270 g/mol. The normalized spacial score (nSPS) is 23.1. The molecule has 3 N–H and O–H groups in total. The Morgan fingerprint density at radius 1 is 1.38 bits per heavy atom. The molecule has 6 nitrogen and oxygen atoms in total. The van der Waals surface area contributed by atoms with Gasteiger partial charge in [-0.25, -0.2) is 4.79 Å². The van der Waals surface area contributed by atoms with Gasteiger partial charge in [-0.3, -0.25) is 9.78 Å². The molecule has 1 aliphatic carbocycles. The fourth-order valence-corrected chi connectivity index (χ4v) is 2.67. The predicted molar refractivity (Wildman–Crippen MR) is 77.7 cm³/mol. The summed E-state index contributed by atoms with van der Waals surface area (Å²) in [6.45, 7) is 1.86. The highest BCUT2D eigenvalue weighted by molar-refractivity contribution is 5.75. The molecule has 3 atom stereocenters. The summed E-state index contributed by atoms with van der Waals surface area (Å²) in [4.78, 5) is 27.2. The van der Waals surface area contributed by atoms with Crippen molar-refractivity contribution < 1.29 is 14.7 Å². The van der Waals surface area contributed by atoms with E-state index < -0.39 is 5.97 Å². The van der Waals surface area contributed by atoms with Crippen LogP contribution in [0.3, 0.4) is 0 Å². The van der Waals surface area contributed by atoms with Crippen LogP contribution in [0.4, 0.5) is 4.79 Å². The van der Waals surface area contributed by atoms with E-state index in [4.69, 9.17) is 5.11 Å². The molecule has 1 aromatic heterocycles. The van der Waals surface area contributed by atoms with Crippen molar-refractivity contribution in [1.29, 1.82) is 0 Å². The summed E-state index contributed by atoms with van der Waals surface area (Å²) in [6.07, 6.45) is 4.54. The van der Waals surface area contributed by atoms with Crippen molar-refractivity contribution in [3.05, 3.63) is 30.1 Å². The fraction of sp³-hybridized carbons (Fsp3) is 0.533. The van der Waals surface area contributed by atoms with Gasteiger partial charge in [0.05, 0.1) is 17.7 Å². The van der Waals surface area contributed by atoms with Gasteiger partial charge in [-0.15, -0.1) is 0 Å². The zero-order valence-corrected chi connectivity index (χ0v) is 12.1. The van der Waals surface area contributed by atoms with E-state index in [0.29, 0.717) is 12.8 Å². The van der Waals surface area contributed by atoms with E-state index in [1.54, 1.807) is 6.20 Å². The van der Waals surface area contributed by atoms with Crippen LogP contribution < -0.4 is 10.6 Å². The van der Waals surface area contributed by atoms with Gasteiger partial charge >= 0.3 is 12.0 Å². The van der Waals surface area contributed by atoms with Crippen molar-refractivity contribution in [2.45, 2.75) is 44.7 Å². The summed E-state index contributed by atoms with van der Waals surface area (Å²) in [5, 5.41) is 14.7. The lowest BCUT2D eigenvalue weighted by molar-refractivity contribution is -0.143. The van der Waals surface area contributed by atoms with E-state index in [1.165, 1.54) is 0 Å². The fourth-order valence-electron chi connectivity index (χ4n) is 2.67. The van der Waals surface area contributed by atoms with Gasteiger partial charge < -0.3 is 15.7 Å². The molecule has 21 heavy (non-hydrogen) atoms. The molecule has 0 aromatic carbocycles. The average molecular weight is 291 g/mol. The van der Waals surface area contributed by atoms with Crippen LogP contribution in [-0.4, -0.2) is 28.1 Å². The molecule has 0 bridgehead atoms. The number of carboxylic acid groups (broad SMARTS) is 1. The molecule has 1 fully saturated rings. The zero-order chi connectivity index (χ0) is 15.2. The third kappa shape index (κ3) is 4.44. The van der Waals surface area contributed by atoms with Crippen molar-refractivity contribution in [2.24, 2.45) is 5.92 Å². The molecule has 6 heteroatoms. The first-order valence-electron chi connectivity index (χ1n) is 7.27. The van der Waals surface area contributed by atoms with Crippen LogP contribution in [0.15, 0.2) is 24.4 Å². The number of aliphatic carboxylic acids is 1. The first kappa shape index (κ1) is 15.3. The van der Waals surface area contributed by atoms with Crippen LogP contribution in [0.5, 0.6) is 0 Å². The maximum absolute atomic E-state index is 12.0. The Bertz CT molecular complexity index is 492. The third-order valence-electron chi connectivity index (χ3n) is 3.84. The number of urea groups is 1. The topological polar surface area (TPSA) is 91.3 Å². The van der Waals surface area contributed by atoms with Crippen LogP contribution in [0, 0.1) is 5.92 Å². The average Bonchev–Trinajstić information content (AvgIpc) is 2.48. The molecule has 114 valence electrons. The molecule has 1 aromatic rings. The smallest absolute Gasteiger partial charge is 0.315 e. The lowest BCUT2D eigenvalue weighted by Gasteiger charge is -2.28. The second-order valence-corrected chi connectivity index (χ2v) is 5.49. The minimum Gasteiger partial charge on any atom is -0.481 e. The van der Waals surface area contributed by atoms with E-state index in [9.17, 15) is 9.59 Å². The van der Waals surface area contributed by atoms with E-state index in [1.807, 2.05) is 25.1 Å². The molecule has 0 saturated heterocycles. The standard InChI is InChI=1S/C15H21N3O3/c1-10(13-7-2-3-8-16-13)17-15(21)18-12-6-4-5-11(9-12)14(19)20/h2-3,7-8,10-12H,4-6,9H2,1H3,(H,19,20)(H2,17,18,21). The number of aromatic nitrogens is 1. The summed E-state index contributed by atoms with van der Waals surface area (Å²) in [5.74, 6) is -1.12. The predicted octanol–water partition coefficient (Wildman–Crippen LogP) is 2.09. The number of pyridine rings is 1. The van der Waals surface area contributed by atoms with Crippen molar-refractivity contribution in [2.75, 3.05) is 0 Å². The van der Waals surface area contributed by atoms with Crippen LogP contribution in [0.25, 0.3) is 0 Å². The summed E-state index contributed by atoms with van der Waals surface area (Å²) >= 11 is 0. The summed E-state index contributed by atoms with van der Waals surface area (Å²) in [5.41, 5.74) is 0.791. The highest BCUT2D eigenvalue weighted by atomic mass is 16.4. The maximum atomic E-state index is 12.0. The summed E-state index contributed by atoms with van der Waals surface area (Å²) < 4.78 is 0. The second-order valence-electron chi connectivity index (χ2n) is 5.49. The molecule has 2 amide bonds. The zero-order valence-electron chi connectivity index (χ0n) is 12.1. The summed E-state index contributed by atoms with van der Waals surface area (Å²) in [7, 11) is 0. The molecule has 0 radical (unpaired) electrons. The van der Waals surface area contributed by atoms with Gasteiger partial charge in [-0.2, -0.15) is 0 Å². The Labute approximate surface area is 124 Å². The van der Waals surface area contributed by atoms with Crippen molar-refractivity contribution in [3.63, 3.8) is 0 Å². The third-order valence-corrected chi connectivity index (χ3v) is 3.84. The highest BCUT2D eigenvalue weighted by Gasteiger charge is 2.28. The lowest BCUT2D eigenvalue weighted by atomic mass is 9.86. The highest BCUT2D eigenvalue weighted by Crippen LogP contribution is 2.24. The quantitative estimate of drug-likeness (QED) is 0.792. The lowest BCUT2D eigenvalue weighted by Crippen LogP contribution is -2.45. The Morgan fingerprint density at radius 2 is 2.19 bits per heavy atom. The van der Waals surface area contributed by atoms with Gasteiger partial charge in [0.15, 0.2) is 0 Å². The van der Waals surface area contributed by atoms with Crippen molar-refractivity contribution >= 4 is 12.0 Å². The van der Waals surface area contributed by atoms with Crippen LogP contribution >= 0.6 is 0 Å². The number of carbonyl (C=O) groups is 2. The van der Waals surface area contributed by atoms with E-state index in [0.717, 1.165) is 18.5 Å². The van der Waals surface area contributed by atoms with Gasteiger partial charge in [0, 0.05) is 12.2 Å².